The molecule has 1 fully saturated rings. The first-order valence-electron chi connectivity index (χ1n) is 7.39. The van der Waals surface area contributed by atoms with E-state index in [0.29, 0.717) is 5.25 Å². The lowest BCUT2D eigenvalue weighted by molar-refractivity contribution is -0.140. The standard InChI is InChI=1S/C14H26N2O3S/c1-4-9(3)12(13(17)18)16-14(19)15-10-6-7-11(8-10)20-5-2/h9-12H,4-8H2,1-3H3,(H,17,18)(H2,15,16,19)/t9-,10?,11?,12-/m0/s1. The van der Waals surface area contributed by atoms with Crippen LogP contribution in [-0.2, 0) is 4.79 Å². The first kappa shape index (κ1) is 17.1. The molecule has 6 heteroatoms. The van der Waals surface area contributed by atoms with Crippen LogP contribution >= 0.6 is 11.8 Å². The van der Waals surface area contributed by atoms with Crippen molar-refractivity contribution in [3.63, 3.8) is 0 Å². The van der Waals surface area contributed by atoms with Gasteiger partial charge in [-0.3, -0.25) is 0 Å². The summed E-state index contributed by atoms with van der Waals surface area (Å²) in [7, 11) is 0. The minimum absolute atomic E-state index is 0.0785. The number of rotatable bonds is 7. The average Bonchev–Trinajstić information content (AvgIpc) is 2.82. The lowest BCUT2D eigenvalue weighted by atomic mass is 9.99. The van der Waals surface area contributed by atoms with Gasteiger partial charge in [-0.1, -0.05) is 27.2 Å². The lowest BCUT2D eigenvalue weighted by Gasteiger charge is -2.22. The fraction of sp³-hybridized carbons (Fsp3) is 0.857. The normalized spacial score (nSPS) is 24.9. The van der Waals surface area contributed by atoms with Crippen molar-refractivity contribution in [2.75, 3.05) is 5.75 Å². The molecule has 0 aromatic heterocycles. The second kappa shape index (κ2) is 8.39. The quantitative estimate of drug-likeness (QED) is 0.675. The summed E-state index contributed by atoms with van der Waals surface area (Å²) in [6.45, 7) is 5.90. The summed E-state index contributed by atoms with van der Waals surface area (Å²) in [5.41, 5.74) is 0. The molecule has 0 bridgehead atoms. The first-order valence-corrected chi connectivity index (χ1v) is 8.44. The van der Waals surface area contributed by atoms with Crippen molar-refractivity contribution in [2.45, 2.75) is 63.8 Å². The molecule has 0 radical (unpaired) electrons. The highest BCUT2D eigenvalue weighted by molar-refractivity contribution is 7.99. The minimum atomic E-state index is -0.972. The van der Waals surface area contributed by atoms with E-state index < -0.39 is 12.0 Å². The van der Waals surface area contributed by atoms with Crippen LogP contribution in [0.2, 0.25) is 0 Å². The third kappa shape index (κ3) is 5.23. The van der Waals surface area contributed by atoms with E-state index >= 15 is 0 Å². The molecular formula is C14H26N2O3S. The topological polar surface area (TPSA) is 78.4 Å². The van der Waals surface area contributed by atoms with Crippen molar-refractivity contribution in [3.8, 4) is 0 Å². The molecule has 20 heavy (non-hydrogen) atoms. The Bertz CT molecular complexity index is 338. The van der Waals surface area contributed by atoms with E-state index in [-0.39, 0.29) is 18.0 Å². The predicted molar refractivity (Wildman–Crippen MR) is 82.1 cm³/mol. The molecule has 2 unspecified atom stereocenters. The largest absolute Gasteiger partial charge is 0.480 e. The number of carboxylic acid groups (broad SMARTS) is 1. The zero-order valence-corrected chi connectivity index (χ0v) is 13.3. The number of amides is 2. The van der Waals surface area contributed by atoms with Crippen molar-refractivity contribution < 1.29 is 14.7 Å². The maximum absolute atomic E-state index is 11.9. The van der Waals surface area contributed by atoms with Gasteiger partial charge in [0.25, 0.3) is 0 Å². The van der Waals surface area contributed by atoms with Gasteiger partial charge in [0.2, 0.25) is 0 Å². The number of carbonyl (C=O) groups excluding carboxylic acids is 1. The van der Waals surface area contributed by atoms with Crippen molar-refractivity contribution >= 4 is 23.8 Å². The molecule has 1 aliphatic rings. The van der Waals surface area contributed by atoms with E-state index in [1.807, 2.05) is 25.6 Å². The Labute approximate surface area is 125 Å². The van der Waals surface area contributed by atoms with Crippen molar-refractivity contribution in [1.29, 1.82) is 0 Å². The molecule has 0 aliphatic heterocycles. The molecule has 0 spiro atoms. The maximum Gasteiger partial charge on any atom is 0.326 e. The zero-order valence-electron chi connectivity index (χ0n) is 12.5. The van der Waals surface area contributed by atoms with Crippen molar-refractivity contribution in [2.24, 2.45) is 5.92 Å². The number of hydrogen-bond acceptors (Lipinski definition) is 3. The molecular weight excluding hydrogens is 276 g/mol. The Balaban J connectivity index is 2.41. The summed E-state index contributed by atoms with van der Waals surface area (Å²) in [6, 6.07) is -1.00. The molecule has 0 saturated heterocycles. The number of aliphatic carboxylic acids is 1. The summed E-state index contributed by atoms with van der Waals surface area (Å²) < 4.78 is 0. The van der Waals surface area contributed by atoms with Gasteiger partial charge in [-0.05, 0) is 30.9 Å². The Morgan fingerprint density at radius 3 is 2.60 bits per heavy atom. The summed E-state index contributed by atoms with van der Waals surface area (Å²) >= 11 is 1.93. The summed E-state index contributed by atoms with van der Waals surface area (Å²) in [5, 5.41) is 15.3. The van der Waals surface area contributed by atoms with Crippen LogP contribution in [0.3, 0.4) is 0 Å². The van der Waals surface area contributed by atoms with E-state index in [9.17, 15) is 9.59 Å². The van der Waals surface area contributed by atoms with Crippen LogP contribution in [0.1, 0.15) is 46.5 Å². The number of hydrogen-bond donors (Lipinski definition) is 3. The molecule has 4 atom stereocenters. The Morgan fingerprint density at radius 2 is 2.05 bits per heavy atom. The third-order valence-corrected chi connectivity index (χ3v) is 5.12. The zero-order chi connectivity index (χ0) is 15.1. The van der Waals surface area contributed by atoms with Gasteiger partial charge in [0.05, 0.1) is 0 Å². The fourth-order valence-electron chi connectivity index (χ4n) is 2.51. The monoisotopic (exact) mass is 302 g/mol. The number of nitrogens with one attached hydrogen (secondary N) is 2. The van der Waals surface area contributed by atoms with E-state index in [1.165, 1.54) is 0 Å². The van der Waals surface area contributed by atoms with Gasteiger partial charge < -0.3 is 15.7 Å². The Kier molecular flexibility index (Phi) is 7.19. The van der Waals surface area contributed by atoms with Gasteiger partial charge in [0.15, 0.2) is 0 Å². The Hall–Kier alpha value is -0.910. The van der Waals surface area contributed by atoms with Gasteiger partial charge in [0.1, 0.15) is 6.04 Å². The second-order valence-corrected chi connectivity index (χ2v) is 6.98. The maximum atomic E-state index is 11.9. The molecule has 1 rings (SSSR count). The third-order valence-electron chi connectivity index (χ3n) is 3.89. The molecule has 3 N–H and O–H groups in total. The molecule has 5 nitrogen and oxygen atoms in total. The molecule has 2 amide bonds. The van der Waals surface area contributed by atoms with Crippen LogP contribution in [0.5, 0.6) is 0 Å². The van der Waals surface area contributed by atoms with Crippen LogP contribution in [0.4, 0.5) is 4.79 Å². The molecule has 0 aromatic carbocycles. The molecule has 0 aromatic rings. The number of carbonyl (C=O) groups is 2. The van der Waals surface area contributed by atoms with Gasteiger partial charge in [-0.25, -0.2) is 9.59 Å². The number of thioether (sulfide) groups is 1. The minimum Gasteiger partial charge on any atom is -0.480 e. The van der Waals surface area contributed by atoms with Gasteiger partial charge >= 0.3 is 12.0 Å². The number of carboxylic acids is 1. The van der Waals surface area contributed by atoms with Crippen molar-refractivity contribution in [3.05, 3.63) is 0 Å². The van der Waals surface area contributed by atoms with E-state index in [1.54, 1.807) is 0 Å². The first-order chi connectivity index (χ1) is 9.47. The summed E-state index contributed by atoms with van der Waals surface area (Å²) in [4.78, 5) is 23.1. The van der Waals surface area contributed by atoms with Gasteiger partial charge in [0, 0.05) is 11.3 Å². The lowest BCUT2D eigenvalue weighted by Crippen LogP contribution is -2.51. The average molecular weight is 302 g/mol. The van der Waals surface area contributed by atoms with Gasteiger partial charge in [-0.2, -0.15) is 11.8 Å². The predicted octanol–water partition coefficient (Wildman–Crippen LogP) is 2.46. The van der Waals surface area contributed by atoms with Crippen LogP contribution < -0.4 is 10.6 Å². The fourth-order valence-corrected chi connectivity index (χ4v) is 3.65. The molecule has 0 heterocycles. The molecule has 1 aliphatic carbocycles. The van der Waals surface area contributed by atoms with Gasteiger partial charge in [-0.15, -0.1) is 0 Å². The molecule has 1 saturated carbocycles. The van der Waals surface area contributed by atoms with Crippen molar-refractivity contribution in [1.82, 2.24) is 10.6 Å². The van der Waals surface area contributed by atoms with E-state index in [4.69, 9.17) is 5.11 Å². The number of urea groups is 1. The van der Waals surface area contributed by atoms with Crippen LogP contribution in [0.25, 0.3) is 0 Å². The van der Waals surface area contributed by atoms with Crippen LogP contribution in [-0.4, -0.2) is 40.2 Å². The van der Waals surface area contributed by atoms with Crippen LogP contribution in [0.15, 0.2) is 0 Å². The summed E-state index contributed by atoms with van der Waals surface area (Å²) in [6.07, 6.45) is 3.80. The molecule has 116 valence electrons. The highest BCUT2D eigenvalue weighted by atomic mass is 32.2. The highest BCUT2D eigenvalue weighted by Gasteiger charge is 2.29. The second-order valence-electron chi connectivity index (χ2n) is 5.41. The highest BCUT2D eigenvalue weighted by Crippen LogP contribution is 2.29. The Morgan fingerprint density at radius 1 is 1.35 bits per heavy atom. The SMILES string of the molecule is CCSC1CCC(NC(=O)N[C@H](C(=O)O)[C@@H](C)CC)C1. The van der Waals surface area contributed by atoms with Crippen LogP contribution in [0, 0.1) is 5.92 Å². The van der Waals surface area contributed by atoms with E-state index in [0.717, 1.165) is 31.4 Å². The van der Waals surface area contributed by atoms with E-state index in [2.05, 4.69) is 17.6 Å². The smallest absolute Gasteiger partial charge is 0.326 e. The summed E-state index contributed by atoms with van der Waals surface area (Å²) in [5.74, 6) is 0.0455.